The quantitative estimate of drug-likeness (QED) is 0.795. The third-order valence-electron chi connectivity index (χ3n) is 4.42. The molecule has 2 unspecified atom stereocenters. The fourth-order valence-electron chi connectivity index (χ4n) is 3.33. The molecular weight excluding hydrogens is 257 g/mol. The van der Waals surface area contributed by atoms with E-state index in [0.29, 0.717) is 18.3 Å². The molecule has 0 aromatic heterocycles. The van der Waals surface area contributed by atoms with Crippen molar-refractivity contribution in [2.45, 2.75) is 31.8 Å². The second kappa shape index (κ2) is 5.05. The van der Waals surface area contributed by atoms with Crippen molar-refractivity contribution < 1.29 is 9.18 Å². The molecule has 0 spiro atoms. The van der Waals surface area contributed by atoms with Crippen LogP contribution in [0.15, 0.2) is 18.2 Å². The Balaban J connectivity index is 1.84. The number of nitrogens with zero attached hydrogens (tertiary/aromatic N) is 2. The van der Waals surface area contributed by atoms with Crippen molar-refractivity contribution in [3.8, 4) is 0 Å². The van der Waals surface area contributed by atoms with Crippen molar-refractivity contribution in [1.29, 1.82) is 0 Å². The number of hydrogen-bond acceptors (Lipinski definition) is 3. The molecule has 0 saturated carbocycles. The zero-order chi connectivity index (χ0) is 14.3. The van der Waals surface area contributed by atoms with Gasteiger partial charge in [-0.1, -0.05) is 0 Å². The number of benzene rings is 1. The van der Waals surface area contributed by atoms with E-state index in [-0.39, 0.29) is 17.5 Å². The largest absolute Gasteiger partial charge is 0.399 e. The van der Waals surface area contributed by atoms with Gasteiger partial charge in [0, 0.05) is 30.9 Å². The van der Waals surface area contributed by atoms with Gasteiger partial charge in [0.1, 0.15) is 5.82 Å². The number of rotatable bonds is 1. The fraction of sp³-hybridized carbons (Fsp3) is 0.533. The maximum atomic E-state index is 13.9. The van der Waals surface area contributed by atoms with E-state index in [9.17, 15) is 9.18 Å². The standard InChI is InChI=1S/C15H20FN3O/c1-10-8-18-6-2-3-12(18)9-19(10)15(20)13-7-11(17)4-5-14(13)16/h4-5,7,10,12H,2-3,6,8-9,17H2,1H3. The van der Waals surface area contributed by atoms with Gasteiger partial charge in [0.15, 0.2) is 0 Å². The zero-order valence-electron chi connectivity index (χ0n) is 11.7. The predicted molar refractivity (Wildman–Crippen MR) is 75.9 cm³/mol. The van der Waals surface area contributed by atoms with Crippen molar-refractivity contribution in [3.05, 3.63) is 29.6 Å². The molecule has 20 heavy (non-hydrogen) atoms. The smallest absolute Gasteiger partial charge is 0.257 e. The number of anilines is 1. The average Bonchev–Trinajstić information content (AvgIpc) is 2.87. The van der Waals surface area contributed by atoms with Crippen LogP contribution in [-0.2, 0) is 0 Å². The van der Waals surface area contributed by atoms with E-state index in [1.54, 1.807) is 4.90 Å². The van der Waals surface area contributed by atoms with Gasteiger partial charge >= 0.3 is 0 Å². The van der Waals surface area contributed by atoms with E-state index in [2.05, 4.69) is 4.90 Å². The van der Waals surface area contributed by atoms with Crippen LogP contribution < -0.4 is 5.73 Å². The number of amides is 1. The minimum atomic E-state index is -0.495. The summed E-state index contributed by atoms with van der Waals surface area (Å²) in [7, 11) is 0. The van der Waals surface area contributed by atoms with E-state index in [0.717, 1.165) is 19.5 Å². The van der Waals surface area contributed by atoms with Gasteiger partial charge in [0.05, 0.1) is 5.56 Å². The summed E-state index contributed by atoms with van der Waals surface area (Å²) in [5.74, 6) is -0.737. The molecule has 2 aliphatic heterocycles. The molecule has 5 heteroatoms. The summed E-state index contributed by atoms with van der Waals surface area (Å²) < 4.78 is 13.9. The van der Waals surface area contributed by atoms with Gasteiger partial charge in [-0.15, -0.1) is 0 Å². The normalized spacial score (nSPS) is 26.6. The molecule has 2 atom stereocenters. The lowest BCUT2D eigenvalue weighted by Gasteiger charge is -2.42. The summed E-state index contributed by atoms with van der Waals surface area (Å²) >= 11 is 0. The summed E-state index contributed by atoms with van der Waals surface area (Å²) in [6.45, 7) is 4.70. The lowest BCUT2D eigenvalue weighted by atomic mass is 10.1. The van der Waals surface area contributed by atoms with E-state index in [1.165, 1.54) is 24.6 Å². The zero-order valence-corrected chi connectivity index (χ0v) is 11.7. The van der Waals surface area contributed by atoms with Crippen LogP contribution in [-0.4, -0.2) is 47.4 Å². The molecule has 2 fully saturated rings. The van der Waals surface area contributed by atoms with E-state index < -0.39 is 5.82 Å². The van der Waals surface area contributed by atoms with Crippen molar-refractivity contribution in [2.75, 3.05) is 25.4 Å². The molecule has 1 aromatic rings. The van der Waals surface area contributed by atoms with Crippen LogP contribution in [0.1, 0.15) is 30.1 Å². The van der Waals surface area contributed by atoms with Crippen LogP contribution in [0.5, 0.6) is 0 Å². The van der Waals surface area contributed by atoms with Crippen LogP contribution in [0.4, 0.5) is 10.1 Å². The average molecular weight is 277 g/mol. The van der Waals surface area contributed by atoms with Crippen LogP contribution in [0.3, 0.4) is 0 Å². The molecule has 0 aliphatic carbocycles. The Bertz CT molecular complexity index is 534. The number of nitrogen functional groups attached to an aromatic ring is 1. The Hall–Kier alpha value is -1.62. The monoisotopic (exact) mass is 277 g/mol. The van der Waals surface area contributed by atoms with Gasteiger partial charge in [-0.25, -0.2) is 4.39 Å². The van der Waals surface area contributed by atoms with Crippen molar-refractivity contribution in [3.63, 3.8) is 0 Å². The highest BCUT2D eigenvalue weighted by molar-refractivity contribution is 5.95. The molecule has 3 rings (SSSR count). The van der Waals surface area contributed by atoms with Gasteiger partial charge < -0.3 is 10.6 Å². The molecule has 0 bridgehead atoms. The van der Waals surface area contributed by atoms with Crippen LogP contribution >= 0.6 is 0 Å². The summed E-state index contributed by atoms with van der Waals surface area (Å²) in [6.07, 6.45) is 2.31. The minimum absolute atomic E-state index is 0.0864. The first-order valence-corrected chi connectivity index (χ1v) is 7.16. The lowest BCUT2D eigenvalue weighted by Crippen LogP contribution is -2.56. The number of carbonyl (C=O) groups is 1. The van der Waals surface area contributed by atoms with Gasteiger partial charge in [0.2, 0.25) is 0 Å². The molecule has 108 valence electrons. The first kappa shape index (κ1) is 13.4. The maximum Gasteiger partial charge on any atom is 0.257 e. The van der Waals surface area contributed by atoms with Crippen LogP contribution in [0.2, 0.25) is 0 Å². The number of nitrogens with two attached hydrogens (primary N) is 1. The topological polar surface area (TPSA) is 49.6 Å². The molecule has 2 N–H and O–H groups in total. The highest BCUT2D eigenvalue weighted by Gasteiger charge is 2.37. The predicted octanol–water partition coefficient (Wildman–Crippen LogP) is 1.72. The number of carbonyl (C=O) groups excluding carboxylic acids is 1. The number of hydrogen-bond donors (Lipinski definition) is 1. The molecular formula is C15H20FN3O. The third-order valence-corrected chi connectivity index (χ3v) is 4.42. The molecule has 2 aliphatic rings. The Morgan fingerprint density at radius 1 is 1.40 bits per heavy atom. The number of halogens is 1. The third kappa shape index (κ3) is 2.26. The van der Waals surface area contributed by atoms with Crippen molar-refractivity contribution in [1.82, 2.24) is 9.80 Å². The molecule has 1 amide bonds. The summed E-state index contributed by atoms with van der Waals surface area (Å²) in [5.41, 5.74) is 6.17. The van der Waals surface area contributed by atoms with E-state index >= 15 is 0 Å². The Kier molecular flexibility index (Phi) is 3.38. The maximum absolute atomic E-state index is 13.9. The van der Waals surface area contributed by atoms with Crippen molar-refractivity contribution in [2.24, 2.45) is 0 Å². The number of piperazine rings is 1. The van der Waals surface area contributed by atoms with E-state index in [1.807, 2.05) is 6.92 Å². The Labute approximate surface area is 118 Å². The SMILES string of the molecule is CC1CN2CCCC2CN1C(=O)c1cc(N)ccc1F. The van der Waals surface area contributed by atoms with Gasteiger partial charge in [-0.2, -0.15) is 0 Å². The van der Waals surface area contributed by atoms with E-state index in [4.69, 9.17) is 5.73 Å². The Morgan fingerprint density at radius 3 is 3.00 bits per heavy atom. The minimum Gasteiger partial charge on any atom is -0.399 e. The first-order valence-electron chi connectivity index (χ1n) is 7.16. The van der Waals surface area contributed by atoms with Crippen LogP contribution in [0, 0.1) is 5.82 Å². The molecule has 4 nitrogen and oxygen atoms in total. The highest BCUT2D eigenvalue weighted by atomic mass is 19.1. The van der Waals surface area contributed by atoms with Crippen LogP contribution in [0.25, 0.3) is 0 Å². The summed E-state index contributed by atoms with van der Waals surface area (Å²) in [5, 5.41) is 0. The second-order valence-electron chi connectivity index (χ2n) is 5.84. The summed E-state index contributed by atoms with van der Waals surface area (Å²) in [4.78, 5) is 16.8. The van der Waals surface area contributed by atoms with Gasteiger partial charge in [-0.3, -0.25) is 9.69 Å². The Morgan fingerprint density at radius 2 is 2.20 bits per heavy atom. The fourth-order valence-corrected chi connectivity index (χ4v) is 3.33. The van der Waals surface area contributed by atoms with Gasteiger partial charge in [0.25, 0.3) is 5.91 Å². The highest BCUT2D eigenvalue weighted by Crippen LogP contribution is 2.26. The molecule has 0 radical (unpaired) electrons. The molecule has 2 saturated heterocycles. The summed E-state index contributed by atoms with van der Waals surface area (Å²) in [6, 6.07) is 4.71. The first-order chi connectivity index (χ1) is 9.56. The second-order valence-corrected chi connectivity index (χ2v) is 5.84. The molecule has 2 heterocycles. The molecule has 1 aromatic carbocycles. The van der Waals surface area contributed by atoms with Gasteiger partial charge in [-0.05, 0) is 44.5 Å². The lowest BCUT2D eigenvalue weighted by molar-refractivity contribution is 0.0391. The van der Waals surface area contributed by atoms with Crippen molar-refractivity contribution >= 4 is 11.6 Å². The number of fused-ring (bicyclic) bond motifs is 1.